The molecule has 2 rings (SSSR count). The molecule has 0 fully saturated rings. The Balaban J connectivity index is 0.000000195. The second-order valence-electron chi connectivity index (χ2n) is 3.29. The summed E-state index contributed by atoms with van der Waals surface area (Å²) in [6, 6.07) is 10.2. The molecule has 0 atom stereocenters. The van der Waals surface area contributed by atoms with Crippen LogP contribution in [0.15, 0.2) is 42.7 Å². The molecule has 0 aliphatic heterocycles. The lowest BCUT2D eigenvalue weighted by Gasteiger charge is -1.93. The molecule has 78 valence electrons. The summed E-state index contributed by atoms with van der Waals surface area (Å²) >= 11 is 0. The van der Waals surface area contributed by atoms with Gasteiger partial charge in [0.1, 0.15) is 0 Å². The molecule has 0 unspecified atom stereocenters. The molecule has 2 aromatic rings. The summed E-state index contributed by atoms with van der Waals surface area (Å²) < 4.78 is 0. The van der Waals surface area contributed by atoms with Crippen LogP contribution < -0.4 is 0 Å². The van der Waals surface area contributed by atoms with Crippen LogP contribution in [0.5, 0.6) is 0 Å². The van der Waals surface area contributed by atoms with Gasteiger partial charge in [0.15, 0.2) is 0 Å². The van der Waals surface area contributed by atoms with E-state index in [1.54, 1.807) is 14.1 Å². The van der Waals surface area contributed by atoms with E-state index in [-0.39, 0.29) is 0 Å². The standard InChI is InChI=1S/C9H7N.C3H7NO/c1-2-4-9-7-10-6-5-8(9)3-1;1-4(2)3-5/h1-7H;3H,1-2H3. The molecule has 1 aromatic carbocycles. The minimum Gasteiger partial charge on any atom is -0.351 e. The van der Waals surface area contributed by atoms with E-state index in [0.29, 0.717) is 0 Å². The Morgan fingerprint density at radius 1 is 1.13 bits per heavy atom. The first kappa shape index (κ1) is 11.2. The minimum absolute atomic E-state index is 0.750. The van der Waals surface area contributed by atoms with Gasteiger partial charge in [0.2, 0.25) is 6.41 Å². The lowest BCUT2D eigenvalue weighted by molar-refractivity contribution is -0.115. The smallest absolute Gasteiger partial charge is 0.209 e. The highest BCUT2D eigenvalue weighted by molar-refractivity contribution is 5.80. The number of hydrogen-bond acceptors (Lipinski definition) is 2. The van der Waals surface area contributed by atoms with Crippen molar-refractivity contribution < 1.29 is 4.79 Å². The molecule has 0 saturated carbocycles. The highest BCUT2D eigenvalue weighted by atomic mass is 16.1. The fourth-order valence-electron chi connectivity index (χ4n) is 1.03. The quantitative estimate of drug-likeness (QED) is 0.662. The molecule has 0 spiro atoms. The van der Waals surface area contributed by atoms with Crippen LogP contribution in [0.1, 0.15) is 0 Å². The summed E-state index contributed by atoms with van der Waals surface area (Å²) in [7, 11) is 3.38. The van der Waals surface area contributed by atoms with Crippen LogP contribution in [0.3, 0.4) is 0 Å². The van der Waals surface area contributed by atoms with E-state index in [4.69, 9.17) is 0 Å². The Morgan fingerprint density at radius 2 is 1.73 bits per heavy atom. The Morgan fingerprint density at radius 3 is 2.27 bits per heavy atom. The van der Waals surface area contributed by atoms with Gasteiger partial charge in [0.05, 0.1) is 0 Å². The van der Waals surface area contributed by atoms with Gasteiger partial charge in [-0.05, 0) is 16.8 Å². The largest absolute Gasteiger partial charge is 0.351 e. The van der Waals surface area contributed by atoms with Gasteiger partial charge in [0.25, 0.3) is 0 Å². The first-order chi connectivity index (χ1) is 7.24. The van der Waals surface area contributed by atoms with Gasteiger partial charge in [-0.1, -0.05) is 24.3 Å². The SMILES string of the molecule is CN(C)C=O.c1ccc2cnccc2c1. The van der Waals surface area contributed by atoms with Crippen molar-refractivity contribution in [1.29, 1.82) is 0 Å². The number of hydrogen-bond donors (Lipinski definition) is 0. The predicted molar refractivity (Wildman–Crippen MR) is 61.5 cm³/mol. The van der Waals surface area contributed by atoms with Crippen molar-refractivity contribution >= 4 is 17.2 Å². The first-order valence-electron chi connectivity index (χ1n) is 4.64. The fourth-order valence-corrected chi connectivity index (χ4v) is 1.03. The number of benzene rings is 1. The van der Waals surface area contributed by atoms with Gasteiger partial charge in [0, 0.05) is 26.5 Å². The van der Waals surface area contributed by atoms with Crippen LogP contribution in [0.25, 0.3) is 10.8 Å². The molecule has 0 aliphatic carbocycles. The highest BCUT2D eigenvalue weighted by Gasteiger charge is 1.86. The predicted octanol–water partition coefficient (Wildman–Crippen LogP) is 1.94. The van der Waals surface area contributed by atoms with E-state index in [1.807, 2.05) is 30.6 Å². The molecule has 0 radical (unpaired) electrons. The number of pyridine rings is 1. The zero-order valence-corrected chi connectivity index (χ0v) is 8.92. The fraction of sp³-hybridized carbons (Fsp3) is 0.167. The number of fused-ring (bicyclic) bond motifs is 1. The van der Waals surface area contributed by atoms with E-state index in [0.717, 1.165) is 6.41 Å². The monoisotopic (exact) mass is 202 g/mol. The zero-order chi connectivity index (χ0) is 11.1. The third-order valence-corrected chi connectivity index (χ3v) is 1.76. The number of aromatic nitrogens is 1. The van der Waals surface area contributed by atoms with Crippen LogP contribution >= 0.6 is 0 Å². The third kappa shape index (κ3) is 3.77. The van der Waals surface area contributed by atoms with Crippen molar-refractivity contribution in [3.63, 3.8) is 0 Å². The van der Waals surface area contributed by atoms with E-state index >= 15 is 0 Å². The zero-order valence-electron chi connectivity index (χ0n) is 8.92. The summed E-state index contributed by atoms with van der Waals surface area (Å²) in [6.07, 6.45) is 4.43. The Bertz CT molecular complexity index is 361. The van der Waals surface area contributed by atoms with E-state index in [2.05, 4.69) is 17.1 Å². The Hall–Kier alpha value is -1.90. The van der Waals surface area contributed by atoms with Crippen LogP contribution in [0.2, 0.25) is 0 Å². The first-order valence-corrected chi connectivity index (χ1v) is 4.64. The number of carbonyl (C=O) groups excluding carboxylic acids is 1. The molecular weight excluding hydrogens is 188 g/mol. The van der Waals surface area contributed by atoms with Crippen LogP contribution in [-0.2, 0) is 4.79 Å². The van der Waals surface area contributed by atoms with Crippen molar-refractivity contribution in [3.8, 4) is 0 Å². The molecule has 0 saturated heterocycles. The molecule has 0 aliphatic rings. The number of rotatable bonds is 1. The van der Waals surface area contributed by atoms with Crippen LogP contribution in [0, 0.1) is 0 Å². The van der Waals surface area contributed by atoms with Crippen LogP contribution in [-0.4, -0.2) is 30.4 Å². The Labute approximate surface area is 89.4 Å². The maximum absolute atomic E-state index is 9.43. The molecule has 3 nitrogen and oxygen atoms in total. The Kier molecular flexibility index (Phi) is 4.29. The summed E-state index contributed by atoms with van der Waals surface area (Å²) in [5.74, 6) is 0. The minimum atomic E-state index is 0.750. The molecule has 0 bridgehead atoms. The molecule has 0 N–H and O–H groups in total. The highest BCUT2D eigenvalue weighted by Crippen LogP contribution is 2.09. The maximum Gasteiger partial charge on any atom is 0.209 e. The van der Waals surface area contributed by atoms with Crippen molar-refractivity contribution in [3.05, 3.63) is 42.7 Å². The normalized spacial score (nSPS) is 8.93. The van der Waals surface area contributed by atoms with Gasteiger partial charge in [-0.15, -0.1) is 0 Å². The number of amides is 1. The lowest BCUT2D eigenvalue weighted by Crippen LogP contribution is -2.06. The van der Waals surface area contributed by atoms with Gasteiger partial charge >= 0.3 is 0 Å². The second-order valence-corrected chi connectivity index (χ2v) is 3.29. The lowest BCUT2D eigenvalue weighted by atomic mass is 10.2. The van der Waals surface area contributed by atoms with Gasteiger partial charge in [-0.25, -0.2) is 0 Å². The molecule has 1 heterocycles. The van der Waals surface area contributed by atoms with E-state index in [1.165, 1.54) is 15.7 Å². The van der Waals surface area contributed by atoms with E-state index < -0.39 is 0 Å². The van der Waals surface area contributed by atoms with Crippen molar-refractivity contribution in [2.45, 2.75) is 0 Å². The van der Waals surface area contributed by atoms with Gasteiger partial charge < -0.3 is 4.90 Å². The van der Waals surface area contributed by atoms with Crippen molar-refractivity contribution in [1.82, 2.24) is 9.88 Å². The number of carbonyl (C=O) groups is 1. The van der Waals surface area contributed by atoms with Gasteiger partial charge in [-0.3, -0.25) is 9.78 Å². The van der Waals surface area contributed by atoms with Crippen molar-refractivity contribution in [2.24, 2.45) is 0 Å². The molecule has 3 heteroatoms. The molecule has 15 heavy (non-hydrogen) atoms. The third-order valence-electron chi connectivity index (χ3n) is 1.76. The van der Waals surface area contributed by atoms with Gasteiger partial charge in [-0.2, -0.15) is 0 Å². The van der Waals surface area contributed by atoms with E-state index in [9.17, 15) is 4.79 Å². The maximum atomic E-state index is 9.43. The summed E-state index contributed by atoms with van der Waals surface area (Å²) in [5, 5.41) is 2.45. The molecule has 1 aromatic heterocycles. The average Bonchev–Trinajstić information content (AvgIpc) is 2.30. The van der Waals surface area contributed by atoms with Crippen molar-refractivity contribution in [2.75, 3.05) is 14.1 Å². The molecular formula is C12H14N2O. The second kappa shape index (κ2) is 5.75. The summed E-state index contributed by atoms with van der Waals surface area (Å²) in [5.41, 5.74) is 0. The topological polar surface area (TPSA) is 33.2 Å². The average molecular weight is 202 g/mol. The number of nitrogens with zero attached hydrogens (tertiary/aromatic N) is 2. The van der Waals surface area contributed by atoms with Crippen LogP contribution in [0.4, 0.5) is 0 Å². The summed E-state index contributed by atoms with van der Waals surface area (Å²) in [4.78, 5) is 14.9. The molecule has 1 amide bonds. The summed E-state index contributed by atoms with van der Waals surface area (Å²) in [6.45, 7) is 0.